The third-order valence-electron chi connectivity index (χ3n) is 2.49. The lowest BCUT2D eigenvalue weighted by molar-refractivity contribution is 0.0964. The van der Waals surface area contributed by atoms with E-state index in [0.717, 1.165) is 9.26 Å². The lowest BCUT2D eigenvalue weighted by atomic mass is 10.2. The van der Waals surface area contributed by atoms with Crippen LogP contribution >= 0.6 is 34.2 Å². The maximum atomic E-state index is 11.8. The molecule has 1 amide bonds. The number of amides is 1. The third-order valence-corrected chi connectivity index (χ3v) is 3.48. The second kappa shape index (κ2) is 6.21. The maximum Gasteiger partial charge on any atom is 0.253 e. The molecule has 0 aliphatic carbocycles. The van der Waals surface area contributed by atoms with Crippen LogP contribution in [-0.4, -0.2) is 17.9 Å². The first-order valence-electron chi connectivity index (χ1n) is 5.50. The summed E-state index contributed by atoms with van der Waals surface area (Å²) >= 11 is 8.34. The molecule has 0 fully saturated rings. The second-order valence-electron chi connectivity index (χ2n) is 3.75. The minimum atomic E-state index is -0.175. The van der Waals surface area contributed by atoms with Crippen molar-refractivity contribution in [3.05, 3.63) is 50.8 Å². The molecule has 0 saturated carbocycles. The zero-order valence-electron chi connectivity index (χ0n) is 10.1. The van der Waals surface area contributed by atoms with Gasteiger partial charge in [-0.2, -0.15) is 0 Å². The smallest absolute Gasteiger partial charge is 0.253 e. The lowest BCUT2D eigenvalue weighted by Gasteiger charge is -2.12. The van der Waals surface area contributed by atoms with Crippen LogP contribution in [0.15, 0.2) is 36.7 Å². The Morgan fingerprint density at radius 3 is 2.79 bits per heavy atom. The van der Waals surface area contributed by atoms with Gasteiger partial charge in [0.15, 0.2) is 0 Å². The fourth-order valence-electron chi connectivity index (χ4n) is 1.56. The third kappa shape index (κ3) is 3.36. The number of hydrogen-bond donors (Lipinski definition) is 2. The first-order valence-corrected chi connectivity index (χ1v) is 6.95. The van der Waals surface area contributed by atoms with Crippen LogP contribution in [0, 0.1) is 3.57 Å². The van der Waals surface area contributed by atoms with Crippen LogP contribution in [0.3, 0.4) is 0 Å². The predicted octanol–water partition coefficient (Wildman–Crippen LogP) is 3.44. The number of carbonyl (C=O) groups is 1. The van der Waals surface area contributed by atoms with E-state index in [1.165, 1.54) is 0 Å². The van der Waals surface area contributed by atoms with Gasteiger partial charge < -0.3 is 10.6 Å². The molecule has 1 aromatic heterocycles. The van der Waals surface area contributed by atoms with Crippen LogP contribution in [0.2, 0.25) is 5.02 Å². The molecule has 0 aliphatic heterocycles. The molecule has 1 aromatic carbocycles. The largest absolute Gasteiger partial charge is 0.355 e. The predicted molar refractivity (Wildman–Crippen MR) is 85.1 cm³/mol. The summed E-state index contributed by atoms with van der Waals surface area (Å²) in [6.07, 6.45) is 3.17. The highest BCUT2D eigenvalue weighted by Gasteiger charge is 2.11. The Labute approximate surface area is 129 Å². The van der Waals surface area contributed by atoms with Crippen molar-refractivity contribution in [2.75, 3.05) is 12.4 Å². The van der Waals surface area contributed by atoms with Gasteiger partial charge in [0.05, 0.1) is 28.2 Å². The fourth-order valence-corrected chi connectivity index (χ4v) is 2.47. The number of aromatic nitrogens is 1. The van der Waals surface area contributed by atoms with Gasteiger partial charge >= 0.3 is 0 Å². The van der Waals surface area contributed by atoms with Crippen LogP contribution < -0.4 is 10.6 Å². The summed E-state index contributed by atoms with van der Waals surface area (Å²) in [5.41, 5.74) is 1.87. The molecule has 0 aliphatic rings. The number of hydrogen-bond acceptors (Lipinski definition) is 3. The molecule has 0 unspecified atom stereocenters. The molecule has 0 saturated heterocycles. The van der Waals surface area contributed by atoms with E-state index in [9.17, 15) is 4.79 Å². The molecule has 4 nitrogen and oxygen atoms in total. The van der Waals surface area contributed by atoms with Gasteiger partial charge in [-0.1, -0.05) is 11.6 Å². The molecule has 6 heteroatoms. The average Bonchev–Trinajstić information content (AvgIpc) is 2.41. The van der Waals surface area contributed by atoms with Crippen molar-refractivity contribution in [1.29, 1.82) is 0 Å². The topological polar surface area (TPSA) is 54.0 Å². The summed E-state index contributed by atoms with van der Waals surface area (Å²) in [6.45, 7) is 0. The first kappa shape index (κ1) is 14.1. The van der Waals surface area contributed by atoms with Crippen LogP contribution in [0.5, 0.6) is 0 Å². The molecule has 19 heavy (non-hydrogen) atoms. The number of carbonyl (C=O) groups excluding carboxylic acids is 1. The van der Waals surface area contributed by atoms with Crippen LogP contribution in [0.4, 0.5) is 11.4 Å². The molecular formula is C13H11ClIN3O. The summed E-state index contributed by atoms with van der Waals surface area (Å²) in [4.78, 5) is 15.8. The Morgan fingerprint density at radius 1 is 1.32 bits per heavy atom. The van der Waals surface area contributed by atoms with Gasteiger partial charge in [0, 0.05) is 16.8 Å². The SMILES string of the molecule is CNC(=O)c1ccncc1Nc1ccc(I)cc1Cl. The van der Waals surface area contributed by atoms with Gasteiger partial charge in [-0.25, -0.2) is 0 Å². The minimum absolute atomic E-state index is 0.175. The van der Waals surface area contributed by atoms with E-state index in [1.54, 1.807) is 25.5 Å². The number of pyridine rings is 1. The van der Waals surface area contributed by atoms with Crippen LogP contribution in [0.1, 0.15) is 10.4 Å². The Hall–Kier alpha value is -1.34. The molecule has 0 spiro atoms. The van der Waals surface area contributed by atoms with Crippen molar-refractivity contribution >= 4 is 51.5 Å². The standard InChI is InChI=1S/C13H11ClIN3O/c1-16-13(19)9-4-5-17-7-12(9)18-11-3-2-8(15)6-10(11)14/h2-7,18H,1H3,(H,16,19). The van der Waals surface area contributed by atoms with Crippen molar-refractivity contribution in [2.24, 2.45) is 0 Å². The van der Waals surface area contributed by atoms with Crippen molar-refractivity contribution in [2.45, 2.75) is 0 Å². The molecule has 2 aromatic rings. The molecule has 2 N–H and O–H groups in total. The summed E-state index contributed by atoms with van der Waals surface area (Å²) in [5.74, 6) is -0.175. The number of benzene rings is 1. The highest BCUT2D eigenvalue weighted by molar-refractivity contribution is 14.1. The summed E-state index contributed by atoms with van der Waals surface area (Å²) < 4.78 is 1.05. The molecule has 0 bridgehead atoms. The molecule has 1 heterocycles. The second-order valence-corrected chi connectivity index (χ2v) is 5.40. The number of nitrogens with one attached hydrogen (secondary N) is 2. The van der Waals surface area contributed by atoms with Gasteiger partial charge in [-0.3, -0.25) is 9.78 Å². The van der Waals surface area contributed by atoms with Crippen molar-refractivity contribution in [3.63, 3.8) is 0 Å². The molecule has 2 rings (SSSR count). The van der Waals surface area contributed by atoms with E-state index in [-0.39, 0.29) is 5.91 Å². The molecule has 0 atom stereocenters. The molecule has 0 radical (unpaired) electrons. The number of halogens is 2. The van der Waals surface area contributed by atoms with Gasteiger partial charge in [0.2, 0.25) is 0 Å². The van der Waals surface area contributed by atoms with Crippen LogP contribution in [0.25, 0.3) is 0 Å². The van der Waals surface area contributed by atoms with E-state index >= 15 is 0 Å². The van der Waals surface area contributed by atoms with E-state index in [0.29, 0.717) is 16.3 Å². The summed E-state index contributed by atoms with van der Waals surface area (Å²) in [7, 11) is 1.59. The first-order chi connectivity index (χ1) is 9.11. The van der Waals surface area contributed by atoms with Gasteiger partial charge in [0.25, 0.3) is 5.91 Å². The zero-order valence-corrected chi connectivity index (χ0v) is 13.0. The van der Waals surface area contributed by atoms with Gasteiger partial charge in [-0.15, -0.1) is 0 Å². The van der Waals surface area contributed by atoms with Crippen LogP contribution in [-0.2, 0) is 0 Å². The van der Waals surface area contributed by atoms with E-state index in [4.69, 9.17) is 11.6 Å². The van der Waals surface area contributed by atoms with E-state index in [1.807, 2.05) is 18.2 Å². The van der Waals surface area contributed by atoms with Gasteiger partial charge in [0.1, 0.15) is 0 Å². The monoisotopic (exact) mass is 387 g/mol. The highest BCUT2D eigenvalue weighted by Crippen LogP contribution is 2.28. The van der Waals surface area contributed by atoms with E-state index in [2.05, 4.69) is 38.2 Å². The number of rotatable bonds is 3. The van der Waals surface area contributed by atoms with E-state index < -0.39 is 0 Å². The highest BCUT2D eigenvalue weighted by atomic mass is 127. The maximum absolute atomic E-state index is 11.8. The quantitative estimate of drug-likeness (QED) is 0.793. The normalized spacial score (nSPS) is 10.1. The Morgan fingerprint density at radius 2 is 2.11 bits per heavy atom. The zero-order chi connectivity index (χ0) is 13.8. The fraction of sp³-hybridized carbons (Fsp3) is 0.0769. The van der Waals surface area contributed by atoms with Gasteiger partial charge in [-0.05, 0) is 46.9 Å². The van der Waals surface area contributed by atoms with Crippen molar-refractivity contribution < 1.29 is 4.79 Å². The Bertz CT molecular complexity index is 619. The minimum Gasteiger partial charge on any atom is -0.355 e. The lowest BCUT2D eigenvalue weighted by Crippen LogP contribution is -2.19. The number of nitrogens with zero attached hydrogens (tertiary/aromatic N) is 1. The molecular weight excluding hydrogens is 377 g/mol. The molecule has 98 valence electrons. The number of anilines is 2. The summed E-state index contributed by atoms with van der Waals surface area (Å²) in [6, 6.07) is 7.30. The average molecular weight is 388 g/mol. The van der Waals surface area contributed by atoms with Crippen molar-refractivity contribution in [1.82, 2.24) is 10.3 Å². The summed E-state index contributed by atoms with van der Waals surface area (Å²) in [5, 5.41) is 6.31. The van der Waals surface area contributed by atoms with Crippen molar-refractivity contribution in [3.8, 4) is 0 Å². The Kier molecular flexibility index (Phi) is 4.60. The Balaban J connectivity index is 2.35.